The van der Waals surface area contributed by atoms with Crippen LogP contribution in [0.5, 0.6) is 11.5 Å². The molecule has 0 atom stereocenters. The van der Waals surface area contributed by atoms with Gasteiger partial charge in [-0.2, -0.15) is 0 Å². The standard InChI is InChI=1S/C16H24N2O3.ClH/c1-17-13-6-8-18(9-7-13)16(19)11-12-4-5-14(20-2)15(10-12)21-3;/h4-5,10,13,17H,6-9,11H2,1-3H3;1H. The third-order valence-electron chi connectivity index (χ3n) is 4.06. The molecule has 1 aromatic carbocycles. The molecule has 0 aliphatic carbocycles. The van der Waals surface area contributed by atoms with E-state index in [0.717, 1.165) is 31.5 Å². The lowest BCUT2D eigenvalue weighted by molar-refractivity contribution is -0.131. The van der Waals surface area contributed by atoms with Gasteiger partial charge in [0.1, 0.15) is 0 Å². The first-order chi connectivity index (χ1) is 10.2. The number of carbonyl (C=O) groups excluding carboxylic acids is 1. The summed E-state index contributed by atoms with van der Waals surface area (Å²) >= 11 is 0. The van der Waals surface area contributed by atoms with Crippen molar-refractivity contribution in [1.29, 1.82) is 0 Å². The van der Waals surface area contributed by atoms with Crippen molar-refractivity contribution >= 4 is 18.3 Å². The van der Waals surface area contributed by atoms with Crippen LogP contribution in [-0.2, 0) is 11.2 Å². The Balaban J connectivity index is 0.00000242. The summed E-state index contributed by atoms with van der Waals surface area (Å²) in [7, 11) is 5.19. The summed E-state index contributed by atoms with van der Waals surface area (Å²) in [5.74, 6) is 1.52. The van der Waals surface area contributed by atoms with Crippen LogP contribution in [0.2, 0.25) is 0 Å². The topological polar surface area (TPSA) is 50.8 Å². The van der Waals surface area contributed by atoms with E-state index in [1.165, 1.54) is 0 Å². The van der Waals surface area contributed by atoms with Crippen molar-refractivity contribution in [2.45, 2.75) is 25.3 Å². The van der Waals surface area contributed by atoms with E-state index in [-0.39, 0.29) is 18.3 Å². The average Bonchev–Trinajstić information content (AvgIpc) is 2.54. The Bertz CT molecular complexity index is 488. The summed E-state index contributed by atoms with van der Waals surface area (Å²) < 4.78 is 10.5. The van der Waals surface area contributed by atoms with Crippen molar-refractivity contribution in [2.75, 3.05) is 34.4 Å². The van der Waals surface area contributed by atoms with Gasteiger partial charge in [0.2, 0.25) is 5.91 Å². The molecule has 1 amide bonds. The predicted octanol–water partition coefficient (Wildman–Crippen LogP) is 1.88. The van der Waals surface area contributed by atoms with E-state index in [2.05, 4.69) is 5.32 Å². The molecular weight excluding hydrogens is 304 g/mol. The molecule has 1 heterocycles. The smallest absolute Gasteiger partial charge is 0.226 e. The van der Waals surface area contributed by atoms with Gasteiger partial charge in [0.25, 0.3) is 0 Å². The average molecular weight is 329 g/mol. The lowest BCUT2D eigenvalue weighted by atomic mass is 10.0. The maximum absolute atomic E-state index is 12.4. The number of nitrogens with one attached hydrogen (secondary N) is 1. The molecule has 0 unspecified atom stereocenters. The zero-order valence-electron chi connectivity index (χ0n) is 13.4. The van der Waals surface area contributed by atoms with Gasteiger partial charge >= 0.3 is 0 Å². The van der Waals surface area contributed by atoms with Gasteiger partial charge < -0.3 is 19.7 Å². The zero-order valence-corrected chi connectivity index (χ0v) is 14.2. The SMILES string of the molecule is CNC1CCN(C(=O)Cc2ccc(OC)c(OC)c2)CC1.Cl. The number of benzene rings is 1. The van der Waals surface area contributed by atoms with Crippen LogP contribution in [-0.4, -0.2) is 51.2 Å². The largest absolute Gasteiger partial charge is 0.493 e. The molecule has 1 aliphatic rings. The Kier molecular flexibility index (Phi) is 7.48. The Labute approximate surface area is 138 Å². The van der Waals surface area contributed by atoms with Crippen LogP contribution in [0.3, 0.4) is 0 Å². The number of likely N-dealkylation sites (tertiary alicyclic amines) is 1. The third kappa shape index (κ3) is 4.52. The van der Waals surface area contributed by atoms with Gasteiger partial charge in [0.15, 0.2) is 11.5 Å². The summed E-state index contributed by atoms with van der Waals surface area (Å²) in [5, 5.41) is 3.27. The van der Waals surface area contributed by atoms with E-state index >= 15 is 0 Å². The molecule has 0 spiro atoms. The van der Waals surface area contributed by atoms with E-state index in [4.69, 9.17) is 9.47 Å². The van der Waals surface area contributed by atoms with Crippen LogP contribution in [0.15, 0.2) is 18.2 Å². The molecule has 2 rings (SSSR count). The predicted molar refractivity (Wildman–Crippen MR) is 89.2 cm³/mol. The molecule has 1 aliphatic heterocycles. The first kappa shape index (κ1) is 18.6. The Morgan fingerprint density at radius 3 is 2.41 bits per heavy atom. The van der Waals surface area contributed by atoms with Crippen molar-refractivity contribution in [3.05, 3.63) is 23.8 Å². The van der Waals surface area contributed by atoms with Gasteiger partial charge in [-0.05, 0) is 37.6 Å². The van der Waals surface area contributed by atoms with Gasteiger partial charge in [0.05, 0.1) is 20.6 Å². The molecule has 0 radical (unpaired) electrons. The van der Waals surface area contributed by atoms with Gasteiger partial charge in [-0.15, -0.1) is 12.4 Å². The number of halogens is 1. The zero-order chi connectivity index (χ0) is 15.2. The molecule has 0 aromatic heterocycles. The highest BCUT2D eigenvalue weighted by Crippen LogP contribution is 2.28. The van der Waals surface area contributed by atoms with Crippen molar-refractivity contribution in [1.82, 2.24) is 10.2 Å². The van der Waals surface area contributed by atoms with Crippen LogP contribution >= 0.6 is 12.4 Å². The minimum absolute atomic E-state index is 0. The van der Waals surface area contributed by atoms with E-state index in [1.807, 2.05) is 30.1 Å². The summed E-state index contributed by atoms with van der Waals surface area (Å²) in [6, 6.07) is 6.17. The minimum atomic E-state index is 0. The van der Waals surface area contributed by atoms with Gasteiger partial charge in [-0.3, -0.25) is 4.79 Å². The van der Waals surface area contributed by atoms with Crippen molar-refractivity contribution in [3.8, 4) is 11.5 Å². The molecule has 1 aromatic rings. The fraction of sp³-hybridized carbons (Fsp3) is 0.562. The van der Waals surface area contributed by atoms with Gasteiger partial charge in [-0.25, -0.2) is 0 Å². The number of hydrogen-bond acceptors (Lipinski definition) is 4. The molecule has 1 saturated heterocycles. The number of piperidine rings is 1. The Hall–Kier alpha value is -1.46. The summed E-state index contributed by atoms with van der Waals surface area (Å²) in [6.07, 6.45) is 2.45. The molecule has 0 bridgehead atoms. The molecule has 1 fully saturated rings. The Morgan fingerprint density at radius 1 is 1.23 bits per heavy atom. The maximum atomic E-state index is 12.4. The van der Waals surface area contributed by atoms with Crippen molar-refractivity contribution < 1.29 is 14.3 Å². The number of amides is 1. The molecule has 1 N–H and O–H groups in total. The van der Waals surface area contributed by atoms with Crippen LogP contribution in [0, 0.1) is 0 Å². The lowest BCUT2D eigenvalue weighted by Crippen LogP contribution is -2.44. The minimum Gasteiger partial charge on any atom is -0.493 e. The first-order valence-electron chi connectivity index (χ1n) is 7.34. The fourth-order valence-corrected chi connectivity index (χ4v) is 2.69. The molecule has 5 nitrogen and oxygen atoms in total. The number of ether oxygens (including phenoxy) is 2. The fourth-order valence-electron chi connectivity index (χ4n) is 2.69. The molecule has 0 saturated carbocycles. The number of methoxy groups -OCH3 is 2. The van der Waals surface area contributed by atoms with Gasteiger partial charge in [-0.1, -0.05) is 6.07 Å². The normalized spacial score (nSPS) is 15.1. The highest BCUT2D eigenvalue weighted by Gasteiger charge is 2.21. The number of hydrogen-bond donors (Lipinski definition) is 1. The van der Waals surface area contributed by atoms with Crippen LogP contribution in [0.1, 0.15) is 18.4 Å². The third-order valence-corrected chi connectivity index (χ3v) is 4.06. The Morgan fingerprint density at radius 2 is 1.86 bits per heavy atom. The summed E-state index contributed by atoms with van der Waals surface area (Å²) in [5.41, 5.74) is 0.952. The van der Waals surface area contributed by atoms with E-state index in [1.54, 1.807) is 14.2 Å². The van der Waals surface area contributed by atoms with Crippen LogP contribution in [0.25, 0.3) is 0 Å². The summed E-state index contributed by atoms with van der Waals surface area (Å²) in [6.45, 7) is 1.66. The number of carbonyl (C=O) groups is 1. The highest BCUT2D eigenvalue weighted by atomic mass is 35.5. The van der Waals surface area contributed by atoms with Crippen LogP contribution in [0.4, 0.5) is 0 Å². The van der Waals surface area contributed by atoms with Crippen molar-refractivity contribution in [3.63, 3.8) is 0 Å². The van der Waals surface area contributed by atoms with Gasteiger partial charge in [0, 0.05) is 19.1 Å². The summed E-state index contributed by atoms with van der Waals surface area (Å²) in [4.78, 5) is 14.3. The molecule has 6 heteroatoms. The molecule has 124 valence electrons. The van der Waals surface area contributed by atoms with E-state index in [9.17, 15) is 4.79 Å². The van der Waals surface area contributed by atoms with E-state index < -0.39 is 0 Å². The first-order valence-corrected chi connectivity index (χ1v) is 7.34. The van der Waals surface area contributed by atoms with E-state index in [0.29, 0.717) is 24.0 Å². The van der Waals surface area contributed by atoms with Crippen molar-refractivity contribution in [2.24, 2.45) is 0 Å². The number of nitrogens with zero attached hydrogens (tertiary/aromatic N) is 1. The number of rotatable bonds is 5. The van der Waals surface area contributed by atoms with Crippen LogP contribution < -0.4 is 14.8 Å². The second-order valence-corrected chi connectivity index (χ2v) is 5.31. The molecular formula is C16H25ClN2O3. The maximum Gasteiger partial charge on any atom is 0.226 e. The molecule has 22 heavy (non-hydrogen) atoms. The quantitative estimate of drug-likeness (QED) is 0.896. The second-order valence-electron chi connectivity index (χ2n) is 5.31. The highest BCUT2D eigenvalue weighted by molar-refractivity contribution is 5.85. The lowest BCUT2D eigenvalue weighted by Gasteiger charge is -2.32. The monoisotopic (exact) mass is 328 g/mol. The second kappa shape index (κ2) is 8.86.